The summed E-state index contributed by atoms with van der Waals surface area (Å²) in [6.45, 7) is 2.02. The number of thiophene rings is 1. The van der Waals surface area contributed by atoms with Crippen LogP contribution in [0.2, 0.25) is 0 Å². The first-order valence-electron chi connectivity index (χ1n) is 8.59. The Balaban J connectivity index is 1.52. The van der Waals surface area contributed by atoms with E-state index in [0.717, 1.165) is 28.0 Å². The topological polar surface area (TPSA) is 69.8 Å². The van der Waals surface area contributed by atoms with Gasteiger partial charge in [-0.2, -0.15) is 13.2 Å². The minimum absolute atomic E-state index is 0.253. The monoisotopic (exact) mass is 416 g/mol. The first-order valence-corrected chi connectivity index (χ1v) is 9.40. The molecule has 4 rings (SSSR count). The molecule has 148 valence electrons. The number of hydrogen-bond donors (Lipinski definition) is 3. The normalized spacial score (nSPS) is 11.6. The van der Waals surface area contributed by atoms with Crippen molar-refractivity contribution in [3.05, 3.63) is 65.3 Å². The Hall–Kier alpha value is -3.33. The quantitative estimate of drug-likeness (QED) is 0.369. The molecule has 0 aliphatic heterocycles. The fraction of sp³-hybridized carbons (Fsp3) is 0.100. The number of aryl methyl sites for hydroxylation is 1. The van der Waals surface area contributed by atoms with E-state index >= 15 is 0 Å². The average Bonchev–Trinajstić information content (AvgIpc) is 3.27. The van der Waals surface area contributed by atoms with Crippen LogP contribution < -0.4 is 10.6 Å². The van der Waals surface area contributed by atoms with Gasteiger partial charge in [-0.15, -0.1) is 11.3 Å². The van der Waals surface area contributed by atoms with Crippen LogP contribution in [0.1, 0.15) is 10.4 Å². The number of halogens is 3. The van der Waals surface area contributed by atoms with Crippen LogP contribution in [0.4, 0.5) is 29.3 Å². The summed E-state index contributed by atoms with van der Waals surface area (Å²) in [6.07, 6.45) is -1.04. The van der Waals surface area contributed by atoms with Crippen LogP contribution >= 0.6 is 11.3 Å². The fourth-order valence-corrected chi connectivity index (χ4v) is 3.71. The van der Waals surface area contributed by atoms with Gasteiger partial charge in [-0.3, -0.25) is 0 Å². The molecule has 29 heavy (non-hydrogen) atoms. The Kier molecular flexibility index (Phi) is 4.75. The maximum absolute atomic E-state index is 12.6. The molecule has 5 nitrogen and oxygen atoms in total. The van der Waals surface area contributed by atoms with Crippen LogP contribution in [0.3, 0.4) is 0 Å². The second-order valence-corrected chi connectivity index (χ2v) is 7.67. The summed E-state index contributed by atoms with van der Waals surface area (Å²) in [6, 6.07) is 9.65. The van der Waals surface area contributed by atoms with E-state index in [4.69, 9.17) is 0 Å². The van der Waals surface area contributed by atoms with Crippen molar-refractivity contribution in [1.29, 1.82) is 0 Å². The molecule has 3 aromatic heterocycles. The van der Waals surface area contributed by atoms with Gasteiger partial charge in [0.2, 0.25) is 0 Å². The lowest BCUT2D eigenvalue weighted by Gasteiger charge is -2.09. The summed E-state index contributed by atoms with van der Waals surface area (Å²) in [4.78, 5) is 21.9. The summed E-state index contributed by atoms with van der Waals surface area (Å²) >= 11 is 1.65. The van der Waals surface area contributed by atoms with Crippen LogP contribution in [-0.2, 0) is 6.18 Å². The molecule has 0 radical (unpaired) electrons. The lowest BCUT2D eigenvalue weighted by atomic mass is 10.2. The molecule has 0 spiro atoms. The van der Waals surface area contributed by atoms with E-state index in [-0.39, 0.29) is 5.69 Å². The SMILES string of the molecule is Cc1ccc(-c2cnc3[nH]cc(NC(=O)Nc4ccc(C(F)(F)F)cc4)c3c2)s1. The standard InChI is InChI=1S/C20H15F3N4OS/c1-11-2-7-17(29-11)12-8-15-16(10-25-18(15)24-9-12)27-19(28)26-14-5-3-13(4-6-14)20(21,22)23/h2-10H,1H3,(H,24,25)(H2,26,27,28). The van der Waals surface area contributed by atoms with Crippen LogP contribution in [0.15, 0.2) is 54.9 Å². The number of aromatic nitrogens is 2. The van der Waals surface area contributed by atoms with Gasteiger partial charge in [0.1, 0.15) is 5.65 Å². The zero-order chi connectivity index (χ0) is 20.6. The average molecular weight is 416 g/mol. The number of rotatable bonds is 3. The Morgan fingerprint density at radius 2 is 1.86 bits per heavy atom. The number of amides is 2. The fourth-order valence-electron chi connectivity index (χ4n) is 2.86. The maximum Gasteiger partial charge on any atom is 0.416 e. The minimum atomic E-state index is -4.42. The predicted molar refractivity (Wildman–Crippen MR) is 108 cm³/mol. The van der Waals surface area contributed by atoms with E-state index in [1.165, 1.54) is 17.0 Å². The van der Waals surface area contributed by atoms with Gasteiger partial charge in [0.25, 0.3) is 0 Å². The highest BCUT2D eigenvalue weighted by atomic mass is 32.1. The number of pyridine rings is 1. The van der Waals surface area contributed by atoms with Crippen molar-refractivity contribution in [2.24, 2.45) is 0 Å². The number of nitrogens with one attached hydrogen (secondary N) is 3. The van der Waals surface area contributed by atoms with Crippen molar-refractivity contribution in [3.63, 3.8) is 0 Å². The molecule has 0 aliphatic carbocycles. The second-order valence-electron chi connectivity index (χ2n) is 6.39. The molecule has 3 heterocycles. The third kappa shape index (κ3) is 4.09. The minimum Gasteiger partial charge on any atom is -0.344 e. The number of carbonyl (C=O) groups excluding carboxylic acids is 1. The number of aromatic amines is 1. The number of anilines is 2. The van der Waals surface area contributed by atoms with Gasteiger partial charge in [0.05, 0.1) is 11.3 Å². The maximum atomic E-state index is 12.6. The van der Waals surface area contributed by atoms with E-state index in [2.05, 4.69) is 20.6 Å². The number of urea groups is 1. The number of hydrogen-bond acceptors (Lipinski definition) is 3. The molecule has 3 N–H and O–H groups in total. The zero-order valence-electron chi connectivity index (χ0n) is 15.1. The molecule has 1 aromatic carbocycles. The van der Waals surface area contributed by atoms with E-state index in [1.807, 2.05) is 25.1 Å². The Morgan fingerprint density at radius 1 is 1.10 bits per heavy atom. The van der Waals surface area contributed by atoms with Crippen LogP contribution in [-0.4, -0.2) is 16.0 Å². The summed E-state index contributed by atoms with van der Waals surface area (Å²) in [5.41, 5.74) is 1.55. The molecular weight excluding hydrogens is 401 g/mol. The van der Waals surface area contributed by atoms with Gasteiger partial charge in [0, 0.05) is 38.8 Å². The summed E-state index contributed by atoms with van der Waals surface area (Å²) < 4.78 is 37.9. The van der Waals surface area contributed by atoms with Gasteiger partial charge in [0.15, 0.2) is 0 Å². The van der Waals surface area contributed by atoms with Gasteiger partial charge >= 0.3 is 12.2 Å². The van der Waals surface area contributed by atoms with E-state index < -0.39 is 17.8 Å². The van der Waals surface area contributed by atoms with Gasteiger partial charge in [-0.25, -0.2) is 9.78 Å². The van der Waals surface area contributed by atoms with Crippen molar-refractivity contribution in [1.82, 2.24) is 9.97 Å². The number of fused-ring (bicyclic) bond motifs is 1. The van der Waals surface area contributed by atoms with E-state index in [9.17, 15) is 18.0 Å². The van der Waals surface area contributed by atoms with Gasteiger partial charge in [-0.1, -0.05) is 0 Å². The molecule has 4 aromatic rings. The molecule has 0 bridgehead atoms. The zero-order valence-corrected chi connectivity index (χ0v) is 15.9. The first kappa shape index (κ1) is 19.0. The van der Waals surface area contributed by atoms with E-state index in [0.29, 0.717) is 11.3 Å². The highest BCUT2D eigenvalue weighted by Gasteiger charge is 2.30. The first-order chi connectivity index (χ1) is 13.8. The van der Waals surface area contributed by atoms with Crippen molar-refractivity contribution in [3.8, 4) is 10.4 Å². The molecule has 0 atom stereocenters. The van der Waals surface area contributed by atoms with Crippen molar-refractivity contribution >= 4 is 39.8 Å². The van der Waals surface area contributed by atoms with Crippen LogP contribution in [0.5, 0.6) is 0 Å². The summed E-state index contributed by atoms with van der Waals surface area (Å²) in [7, 11) is 0. The molecule has 0 saturated carbocycles. The number of alkyl halides is 3. The second kappa shape index (κ2) is 7.25. The molecule has 9 heteroatoms. The van der Waals surface area contributed by atoms with Crippen LogP contribution in [0, 0.1) is 6.92 Å². The predicted octanol–water partition coefficient (Wildman–Crippen LogP) is 6.26. The Bertz CT molecular complexity index is 1180. The highest BCUT2D eigenvalue weighted by molar-refractivity contribution is 7.15. The van der Waals surface area contributed by atoms with E-state index in [1.54, 1.807) is 23.7 Å². The van der Waals surface area contributed by atoms with Crippen molar-refractivity contribution in [2.45, 2.75) is 13.1 Å². The van der Waals surface area contributed by atoms with Crippen molar-refractivity contribution < 1.29 is 18.0 Å². The third-order valence-corrected chi connectivity index (χ3v) is 5.32. The molecule has 0 fully saturated rings. The summed E-state index contributed by atoms with van der Waals surface area (Å²) in [5.74, 6) is 0. The smallest absolute Gasteiger partial charge is 0.344 e. The third-order valence-electron chi connectivity index (χ3n) is 4.27. The lowest BCUT2D eigenvalue weighted by Crippen LogP contribution is -2.19. The number of H-pyrrole nitrogens is 1. The van der Waals surface area contributed by atoms with Crippen LogP contribution in [0.25, 0.3) is 21.5 Å². The number of carbonyl (C=O) groups is 1. The van der Waals surface area contributed by atoms with Gasteiger partial charge < -0.3 is 15.6 Å². The molecule has 0 saturated heterocycles. The number of benzene rings is 1. The van der Waals surface area contributed by atoms with Crippen molar-refractivity contribution in [2.75, 3.05) is 10.6 Å². The molecule has 0 unspecified atom stereocenters. The van der Waals surface area contributed by atoms with Gasteiger partial charge in [-0.05, 0) is 49.4 Å². The Labute approximate surface area is 167 Å². The molecular formula is C20H15F3N4OS. The molecule has 0 aliphatic rings. The highest BCUT2D eigenvalue weighted by Crippen LogP contribution is 2.32. The summed E-state index contributed by atoms with van der Waals surface area (Å²) in [5, 5.41) is 5.96. The molecule has 2 amide bonds. The number of nitrogens with zero attached hydrogens (tertiary/aromatic N) is 1. The Morgan fingerprint density at radius 3 is 2.52 bits per heavy atom. The lowest BCUT2D eigenvalue weighted by molar-refractivity contribution is -0.137. The largest absolute Gasteiger partial charge is 0.416 e.